The van der Waals surface area contributed by atoms with Crippen molar-refractivity contribution >= 4 is 16.9 Å². The van der Waals surface area contributed by atoms with Crippen LogP contribution in [0, 0.1) is 13.8 Å². The topological polar surface area (TPSA) is 53.1 Å². The number of hydrogen-bond donors (Lipinski definition) is 2. The fourth-order valence-corrected chi connectivity index (χ4v) is 2.53. The van der Waals surface area contributed by atoms with Crippen molar-refractivity contribution in [1.29, 1.82) is 0 Å². The lowest BCUT2D eigenvalue weighted by molar-refractivity contribution is -0.142. The lowest BCUT2D eigenvalue weighted by Crippen LogP contribution is -2.10. The highest BCUT2D eigenvalue weighted by Gasteiger charge is 2.36. The van der Waals surface area contributed by atoms with Gasteiger partial charge in [-0.1, -0.05) is 6.07 Å². The number of rotatable bonds is 3. The van der Waals surface area contributed by atoms with Crippen molar-refractivity contribution in [2.45, 2.75) is 32.9 Å². The van der Waals surface area contributed by atoms with Crippen LogP contribution in [0.5, 0.6) is 0 Å². The third-order valence-electron chi connectivity index (χ3n) is 3.22. The predicted molar refractivity (Wildman–Crippen MR) is 68.7 cm³/mol. The molecule has 0 amide bonds. The fourth-order valence-electron chi connectivity index (χ4n) is 2.53. The zero-order chi connectivity index (χ0) is 15.1. The maximum atomic E-state index is 13.1. The van der Waals surface area contributed by atoms with Gasteiger partial charge in [-0.05, 0) is 43.0 Å². The molecule has 1 aromatic carbocycles. The van der Waals surface area contributed by atoms with Gasteiger partial charge in [-0.25, -0.2) is 0 Å². The fraction of sp³-hybridized carbons (Fsp3) is 0.357. The van der Waals surface area contributed by atoms with E-state index in [4.69, 9.17) is 5.11 Å². The molecule has 0 bridgehead atoms. The molecule has 0 radical (unpaired) electrons. The first-order valence-electron chi connectivity index (χ1n) is 6.11. The molecule has 0 aliphatic heterocycles. The molecule has 3 nitrogen and oxygen atoms in total. The van der Waals surface area contributed by atoms with Gasteiger partial charge in [0.2, 0.25) is 0 Å². The molecule has 0 saturated carbocycles. The lowest BCUT2D eigenvalue weighted by atomic mass is 10.00. The molecule has 1 heterocycles. The van der Waals surface area contributed by atoms with Crippen molar-refractivity contribution in [1.82, 2.24) is 4.98 Å². The van der Waals surface area contributed by atoms with Crippen LogP contribution in [0.15, 0.2) is 12.1 Å². The first-order valence-corrected chi connectivity index (χ1v) is 6.11. The molecular formula is C14H14F3NO2. The summed E-state index contributed by atoms with van der Waals surface area (Å²) in [5.74, 6) is -1.11. The van der Waals surface area contributed by atoms with Gasteiger partial charge in [0.05, 0.1) is 0 Å². The van der Waals surface area contributed by atoms with E-state index in [9.17, 15) is 18.0 Å². The number of carboxylic acid groups (broad SMARTS) is 1. The van der Waals surface area contributed by atoms with E-state index in [1.807, 2.05) is 0 Å². The van der Waals surface area contributed by atoms with Crippen LogP contribution >= 0.6 is 0 Å². The molecule has 1 aromatic heterocycles. The Bertz CT molecular complexity index is 671. The number of carbonyl (C=O) groups is 1. The average Bonchev–Trinajstić information content (AvgIpc) is 2.64. The SMILES string of the molecule is Cc1cc(C)c2c(CCC(=O)O)c(C(F)(F)F)[nH]c2c1. The van der Waals surface area contributed by atoms with Crippen LogP contribution in [-0.4, -0.2) is 16.1 Å². The number of alkyl halides is 3. The second-order valence-electron chi connectivity index (χ2n) is 4.87. The summed E-state index contributed by atoms with van der Waals surface area (Å²) in [5.41, 5.74) is 1.16. The highest BCUT2D eigenvalue weighted by atomic mass is 19.4. The van der Waals surface area contributed by atoms with Gasteiger partial charge >= 0.3 is 12.1 Å². The van der Waals surface area contributed by atoms with Gasteiger partial charge in [-0.15, -0.1) is 0 Å². The molecule has 2 N–H and O–H groups in total. The van der Waals surface area contributed by atoms with Crippen LogP contribution in [0.1, 0.15) is 28.8 Å². The number of aliphatic carboxylic acids is 1. The smallest absolute Gasteiger partial charge is 0.431 e. The van der Waals surface area contributed by atoms with Gasteiger partial charge in [-0.3, -0.25) is 4.79 Å². The normalized spacial score (nSPS) is 12.1. The van der Waals surface area contributed by atoms with Gasteiger partial charge in [0.1, 0.15) is 5.69 Å². The van der Waals surface area contributed by atoms with Gasteiger partial charge in [0, 0.05) is 17.3 Å². The van der Waals surface area contributed by atoms with Crippen LogP contribution in [0.3, 0.4) is 0 Å². The van der Waals surface area contributed by atoms with E-state index in [0.717, 1.165) is 5.56 Å². The number of H-pyrrole nitrogens is 1. The summed E-state index contributed by atoms with van der Waals surface area (Å²) >= 11 is 0. The molecule has 0 aliphatic rings. The van der Waals surface area contributed by atoms with Crippen molar-refractivity contribution in [2.24, 2.45) is 0 Å². The van der Waals surface area contributed by atoms with E-state index in [1.54, 1.807) is 26.0 Å². The zero-order valence-corrected chi connectivity index (χ0v) is 11.1. The van der Waals surface area contributed by atoms with Crippen molar-refractivity contribution in [3.05, 3.63) is 34.5 Å². The molecule has 6 heteroatoms. The Morgan fingerprint density at radius 3 is 2.50 bits per heavy atom. The van der Waals surface area contributed by atoms with E-state index >= 15 is 0 Å². The number of hydrogen-bond acceptors (Lipinski definition) is 1. The van der Waals surface area contributed by atoms with Crippen molar-refractivity contribution in [3.63, 3.8) is 0 Å². The summed E-state index contributed by atoms with van der Waals surface area (Å²) in [5, 5.41) is 9.18. The largest absolute Gasteiger partial charge is 0.481 e. The number of halogens is 3. The Labute approximate surface area is 113 Å². The molecule has 0 aliphatic carbocycles. The van der Waals surface area contributed by atoms with E-state index < -0.39 is 17.8 Å². The molecule has 2 rings (SSSR count). The molecule has 0 fully saturated rings. The standard InChI is InChI=1S/C14H14F3NO2/c1-7-5-8(2)12-9(3-4-11(19)20)13(14(15,16)17)18-10(12)6-7/h5-6,18H,3-4H2,1-2H3,(H,19,20). The monoisotopic (exact) mass is 285 g/mol. The van der Waals surface area contributed by atoms with Gasteiger partial charge in [0.25, 0.3) is 0 Å². The van der Waals surface area contributed by atoms with Gasteiger partial charge < -0.3 is 10.1 Å². The van der Waals surface area contributed by atoms with Crippen molar-refractivity contribution in [2.75, 3.05) is 0 Å². The Morgan fingerprint density at radius 1 is 1.30 bits per heavy atom. The van der Waals surface area contributed by atoms with E-state index in [-0.39, 0.29) is 18.4 Å². The minimum absolute atomic E-state index is 0.0346. The molecule has 0 spiro atoms. The van der Waals surface area contributed by atoms with E-state index in [2.05, 4.69) is 4.98 Å². The number of aromatic amines is 1. The third kappa shape index (κ3) is 2.64. The van der Waals surface area contributed by atoms with Crippen LogP contribution < -0.4 is 0 Å². The quantitative estimate of drug-likeness (QED) is 0.900. The van der Waals surface area contributed by atoms with E-state index in [0.29, 0.717) is 16.5 Å². The summed E-state index contributed by atoms with van der Waals surface area (Å²) in [7, 11) is 0. The number of carboxylic acids is 1. The number of benzene rings is 1. The summed E-state index contributed by atoms with van der Waals surface area (Å²) < 4.78 is 39.2. The third-order valence-corrected chi connectivity index (χ3v) is 3.22. The summed E-state index contributed by atoms with van der Waals surface area (Å²) in [4.78, 5) is 13.0. The number of aryl methyl sites for hydroxylation is 3. The number of fused-ring (bicyclic) bond motifs is 1. The molecule has 0 saturated heterocycles. The Hall–Kier alpha value is -1.98. The molecule has 20 heavy (non-hydrogen) atoms. The van der Waals surface area contributed by atoms with Crippen LogP contribution in [0.25, 0.3) is 10.9 Å². The molecule has 0 unspecified atom stereocenters. The number of nitrogens with one attached hydrogen (secondary N) is 1. The average molecular weight is 285 g/mol. The van der Waals surface area contributed by atoms with Crippen LogP contribution in [0.4, 0.5) is 13.2 Å². The highest BCUT2D eigenvalue weighted by molar-refractivity contribution is 5.89. The summed E-state index contributed by atoms with van der Waals surface area (Å²) in [6, 6.07) is 3.43. The zero-order valence-electron chi connectivity index (χ0n) is 11.1. The minimum atomic E-state index is -4.52. The minimum Gasteiger partial charge on any atom is -0.481 e. The molecule has 108 valence electrons. The summed E-state index contributed by atoms with van der Waals surface area (Å²) in [6.45, 7) is 3.53. The molecule has 0 atom stereocenters. The first kappa shape index (κ1) is 14.4. The maximum absolute atomic E-state index is 13.1. The Morgan fingerprint density at radius 2 is 1.95 bits per heavy atom. The Kier molecular flexibility index (Phi) is 3.50. The summed E-state index contributed by atoms with van der Waals surface area (Å²) in [6.07, 6.45) is -5.00. The number of aromatic nitrogens is 1. The lowest BCUT2D eigenvalue weighted by Gasteiger charge is -2.08. The first-order chi connectivity index (χ1) is 9.20. The highest BCUT2D eigenvalue weighted by Crippen LogP contribution is 2.37. The van der Waals surface area contributed by atoms with Crippen LogP contribution in [0.2, 0.25) is 0 Å². The van der Waals surface area contributed by atoms with Gasteiger partial charge in [0.15, 0.2) is 0 Å². The van der Waals surface area contributed by atoms with E-state index in [1.165, 1.54) is 0 Å². The van der Waals surface area contributed by atoms with Crippen LogP contribution in [-0.2, 0) is 17.4 Å². The predicted octanol–water partition coefficient (Wildman–Crippen LogP) is 3.82. The second kappa shape index (κ2) is 4.85. The maximum Gasteiger partial charge on any atom is 0.431 e. The Balaban J connectivity index is 2.68. The van der Waals surface area contributed by atoms with Crippen molar-refractivity contribution < 1.29 is 23.1 Å². The molecular weight excluding hydrogens is 271 g/mol. The van der Waals surface area contributed by atoms with Gasteiger partial charge in [-0.2, -0.15) is 13.2 Å². The second-order valence-corrected chi connectivity index (χ2v) is 4.87. The molecule has 2 aromatic rings. The van der Waals surface area contributed by atoms with Crippen molar-refractivity contribution in [3.8, 4) is 0 Å².